The summed E-state index contributed by atoms with van der Waals surface area (Å²) in [5, 5.41) is 18.4. The summed E-state index contributed by atoms with van der Waals surface area (Å²) < 4.78 is 9.99. The highest BCUT2D eigenvalue weighted by Crippen LogP contribution is 2.34. The van der Waals surface area contributed by atoms with Crippen molar-refractivity contribution in [1.82, 2.24) is 4.98 Å². The number of nitrogens with zero attached hydrogens (tertiary/aromatic N) is 1. The van der Waals surface area contributed by atoms with Crippen LogP contribution in [0.2, 0.25) is 0 Å². The van der Waals surface area contributed by atoms with Gasteiger partial charge in [0.2, 0.25) is 0 Å². The molecule has 0 aliphatic rings. The van der Waals surface area contributed by atoms with Crippen molar-refractivity contribution in [3.8, 4) is 11.5 Å². The van der Waals surface area contributed by atoms with E-state index >= 15 is 0 Å². The molecule has 0 amide bonds. The Kier molecular flexibility index (Phi) is 4.07. The van der Waals surface area contributed by atoms with Crippen LogP contribution >= 0.6 is 0 Å². The molecule has 0 saturated carbocycles. The molecule has 0 aliphatic heterocycles. The van der Waals surface area contributed by atoms with Gasteiger partial charge < -0.3 is 19.7 Å². The lowest BCUT2D eigenvalue weighted by Gasteiger charge is -2.15. The third kappa shape index (κ3) is 2.60. The Morgan fingerprint density at radius 2 is 1.88 bits per heavy atom. The molecule has 6 heteroatoms. The minimum Gasteiger partial charge on any atom is -0.495 e. The van der Waals surface area contributed by atoms with Gasteiger partial charge in [0.1, 0.15) is 11.5 Å². The van der Waals surface area contributed by atoms with Gasteiger partial charge >= 0.3 is 5.97 Å². The van der Waals surface area contributed by atoms with Crippen molar-refractivity contribution in [3.63, 3.8) is 0 Å². The Morgan fingerprint density at radius 3 is 2.25 bits per heavy atom. The SMILES string of the molecule is COc1cncc(OC)c1[C@H](O)CC(=O)O. The van der Waals surface area contributed by atoms with Gasteiger partial charge in [0.05, 0.1) is 44.7 Å². The number of carbonyl (C=O) groups is 1. The molecule has 16 heavy (non-hydrogen) atoms. The predicted molar refractivity (Wildman–Crippen MR) is 54.6 cm³/mol. The molecule has 1 heterocycles. The predicted octanol–water partition coefficient (Wildman–Crippen LogP) is 0.607. The molecule has 1 rings (SSSR count). The number of aromatic nitrogens is 1. The number of aliphatic carboxylic acids is 1. The molecular formula is C10H13NO5. The Balaban J connectivity index is 3.12. The van der Waals surface area contributed by atoms with Crippen LogP contribution in [0.5, 0.6) is 11.5 Å². The first-order valence-electron chi connectivity index (χ1n) is 4.55. The summed E-state index contributed by atoms with van der Waals surface area (Å²) in [5.41, 5.74) is 0.294. The minimum absolute atomic E-state index is 0.294. The van der Waals surface area contributed by atoms with Crippen LogP contribution in [-0.4, -0.2) is 35.4 Å². The highest BCUT2D eigenvalue weighted by molar-refractivity contribution is 5.68. The maximum absolute atomic E-state index is 10.5. The summed E-state index contributed by atoms with van der Waals surface area (Å²) in [4.78, 5) is 14.4. The molecule has 0 unspecified atom stereocenters. The van der Waals surface area contributed by atoms with Crippen molar-refractivity contribution in [3.05, 3.63) is 18.0 Å². The molecule has 88 valence electrons. The lowest BCUT2D eigenvalue weighted by atomic mass is 10.1. The van der Waals surface area contributed by atoms with E-state index < -0.39 is 18.5 Å². The molecule has 0 radical (unpaired) electrons. The highest BCUT2D eigenvalue weighted by atomic mass is 16.5. The third-order valence-electron chi connectivity index (χ3n) is 2.06. The number of rotatable bonds is 5. The first-order chi connectivity index (χ1) is 7.60. The molecule has 6 nitrogen and oxygen atoms in total. The van der Waals surface area contributed by atoms with Gasteiger partial charge in [-0.3, -0.25) is 9.78 Å². The van der Waals surface area contributed by atoms with Crippen LogP contribution in [0.1, 0.15) is 18.1 Å². The van der Waals surface area contributed by atoms with E-state index in [-0.39, 0.29) is 0 Å². The van der Waals surface area contributed by atoms with Crippen molar-refractivity contribution in [2.75, 3.05) is 14.2 Å². The molecule has 0 fully saturated rings. The summed E-state index contributed by atoms with van der Waals surface area (Å²) in [6, 6.07) is 0. The van der Waals surface area contributed by atoms with Crippen LogP contribution in [0.4, 0.5) is 0 Å². The number of carboxylic acids is 1. The third-order valence-corrected chi connectivity index (χ3v) is 2.06. The number of ether oxygens (including phenoxy) is 2. The van der Waals surface area contributed by atoms with Crippen LogP contribution in [0.25, 0.3) is 0 Å². The number of hydrogen-bond donors (Lipinski definition) is 2. The van der Waals surface area contributed by atoms with Gasteiger partial charge in [0.15, 0.2) is 0 Å². The van der Waals surface area contributed by atoms with Crippen LogP contribution in [0.15, 0.2) is 12.4 Å². The van der Waals surface area contributed by atoms with Crippen LogP contribution in [0.3, 0.4) is 0 Å². The molecule has 0 aliphatic carbocycles. The first-order valence-corrected chi connectivity index (χ1v) is 4.55. The molecule has 0 bridgehead atoms. The lowest BCUT2D eigenvalue weighted by Crippen LogP contribution is -2.09. The molecule has 0 saturated heterocycles. The lowest BCUT2D eigenvalue weighted by molar-refractivity contribution is -0.139. The maximum atomic E-state index is 10.5. The van der Waals surface area contributed by atoms with Crippen LogP contribution in [0, 0.1) is 0 Å². The van der Waals surface area contributed by atoms with E-state index in [2.05, 4.69) is 4.98 Å². The maximum Gasteiger partial charge on any atom is 0.306 e. The number of hydrogen-bond acceptors (Lipinski definition) is 5. The standard InChI is InChI=1S/C10H13NO5/c1-15-7-4-11-5-8(16-2)10(7)6(12)3-9(13)14/h4-6,12H,3H2,1-2H3,(H,13,14)/t6-/m1/s1. The molecular weight excluding hydrogens is 214 g/mol. The minimum atomic E-state index is -1.19. The summed E-state index contributed by atoms with van der Waals surface area (Å²) in [5.74, 6) is -0.505. The normalized spacial score (nSPS) is 11.9. The largest absolute Gasteiger partial charge is 0.495 e. The fourth-order valence-corrected chi connectivity index (χ4v) is 1.35. The molecule has 1 aromatic heterocycles. The van der Waals surface area contributed by atoms with Gasteiger partial charge in [-0.25, -0.2) is 0 Å². The molecule has 0 spiro atoms. The van der Waals surface area contributed by atoms with Gasteiger partial charge in [-0.1, -0.05) is 0 Å². The summed E-state index contributed by atoms with van der Waals surface area (Å²) in [7, 11) is 2.82. The summed E-state index contributed by atoms with van der Waals surface area (Å²) >= 11 is 0. The van der Waals surface area contributed by atoms with Crippen molar-refractivity contribution in [1.29, 1.82) is 0 Å². The molecule has 2 N–H and O–H groups in total. The molecule has 0 aromatic carbocycles. The summed E-state index contributed by atoms with van der Waals surface area (Å²) in [6.07, 6.45) is 1.17. The monoisotopic (exact) mass is 227 g/mol. The fraction of sp³-hybridized carbons (Fsp3) is 0.400. The smallest absolute Gasteiger partial charge is 0.306 e. The zero-order valence-corrected chi connectivity index (χ0v) is 9.01. The van der Waals surface area contributed by atoms with Gasteiger partial charge in [0, 0.05) is 0 Å². The summed E-state index contributed by atoms with van der Waals surface area (Å²) in [6.45, 7) is 0. The second-order valence-corrected chi connectivity index (χ2v) is 3.07. The number of pyridine rings is 1. The zero-order valence-electron chi connectivity index (χ0n) is 9.01. The van der Waals surface area contributed by atoms with Gasteiger partial charge in [-0.05, 0) is 0 Å². The van der Waals surface area contributed by atoms with Gasteiger partial charge in [-0.15, -0.1) is 0 Å². The fourth-order valence-electron chi connectivity index (χ4n) is 1.35. The average molecular weight is 227 g/mol. The van der Waals surface area contributed by atoms with E-state index in [1.165, 1.54) is 26.6 Å². The van der Waals surface area contributed by atoms with Gasteiger partial charge in [0.25, 0.3) is 0 Å². The van der Waals surface area contributed by atoms with Gasteiger partial charge in [-0.2, -0.15) is 0 Å². The van der Waals surface area contributed by atoms with Crippen molar-refractivity contribution >= 4 is 5.97 Å². The van der Waals surface area contributed by atoms with Crippen molar-refractivity contribution < 1.29 is 24.5 Å². The Bertz CT molecular complexity index is 357. The molecule has 1 aromatic rings. The molecule has 1 atom stereocenters. The second kappa shape index (κ2) is 5.32. The average Bonchev–Trinajstić information content (AvgIpc) is 2.26. The second-order valence-electron chi connectivity index (χ2n) is 3.07. The van der Waals surface area contributed by atoms with E-state index in [1.54, 1.807) is 0 Å². The van der Waals surface area contributed by atoms with E-state index in [9.17, 15) is 9.90 Å². The quantitative estimate of drug-likeness (QED) is 0.766. The number of methoxy groups -OCH3 is 2. The Hall–Kier alpha value is -1.82. The van der Waals surface area contributed by atoms with Crippen molar-refractivity contribution in [2.24, 2.45) is 0 Å². The number of aliphatic hydroxyl groups is 1. The van der Waals surface area contributed by atoms with E-state index in [0.717, 1.165) is 0 Å². The Labute approximate surface area is 92.5 Å². The zero-order chi connectivity index (χ0) is 12.1. The van der Waals surface area contributed by atoms with Crippen LogP contribution < -0.4 is 9.47 Å². The first kappa shape index (κ1) is 12.3. The van der Waals surface area contributed by atoms with E-state index in [1.807, 2.05) is 0 Å². The topological polar surface area (TPSA) is 88.9 Å². The Morgan fingerprint density at radius 1 is 1.38 bits per heavy atom. The number of carboxylic acid groups (broad SMARTS) is 1. The van der Waals surface area contributed by atoms with Crippen LogP contribution in [-0.2, 0) is 4.79 Å². The number of aliphatic hydroxyl groups excluding tert-OH is 1. The highest BCUT2D eigenvalue weighted by Gasteiger charge is 2.21. The van der Waals surface area contributed by atoms with E-state index in [4.69, 9.17) is 14.6 Å². The van der Waals surface area contributed by atoms with E-state index in [0.29, 0.717) is 17.1 Å². The van der Waals surface area contributed by atoms with Crippen molar-refractivity contribution in [2.45, 2.75) is 12.5 Å².